The highest BCUT2D eigenvalue weighted by molar-refractivity contribution is 5.79. The number of aryl methyl sites for hydroxylation is 1. The lowest BCUT2D eigenvalue weighted by atomic mass is 9.95. The summed E-state index contributed by atoms with van der Waals surface area (Å²) in [6, 6.07) is 5.46. The maximum absolute atomic E-state index is 12.4. The van der Waals surface area contributed by atoms with Gasteiger partial charge in [0.15, 0.2) is 0 Å². The van der Waals surface area contributed by atoms with Gasteiger partial charge in [0.2, 0.25) is 5.91 Å². The molecule has 138 valence electrons. The number of carbonyl (C=O) groups excluding carboxylic acids is 1. The monoisotopic (exact) mass is 355 g/mol. The highest BCUT2D eigenvalue weighted by Crippen LogP contribution is 2.22. The van der Waals surface area contributed by atoms with Crippen LogP contribution in [0.2, 0.25) is 0 Å². The Morgan fingerprint density at radius 1 is 1.31 bits per heavy atom. The summed E-state index contributed by atoms with van der Waals surface area (Å²) in [4.78, 5) is 30.6. The number of pyridine rings is 1. The number of hydrogen-bond acceptors (Lipinski definition) is 5. The summed E-state index contributed by atoms with van der Waals surface area (Å²) in [5.74, 6) is 0.0985. The lowest BCUT2D eigenvalue weighted by molar-refractivity contribution is -0.125. The van der Waals surface area contributed by atoms with Gasteiger partial charge in [-0.25, -0.2) is 4.68 Å². The molecule has 1 N–H and O–H groups in total. The first-order chi connectivity index (χ1) is 12.7. The second kappa shape index (κ2) is 8.60. The van der Waals surface area contributed by atoms with Crippen LogP contribution in [0.3, 0.4) is 0 Å². The molecule has 2 aromatic rings. The molecule has 0 saturated carbocycles. The molecule has 1 amide bonds. The number of nitrogens with zero attached hydrogens (tertiary/aromatic N) is 4. The third-order valence-corrected chi connectivity index (χ3v) is 4.71. The Morgan fingerprint density at radius 3 is 2.77 bits per heavy atom. The van der Waals surface area contributed by atoms with Crippen molar-refractivity contribution in [1.29, 1.82) is 0 Å². The molecule has 0 atom stereocenters. The molecular weight excluding hydrogens is 330 g/mol. The van der Waals surface area contributed by atoms with Crippen molar-refractivity contribution in [3.8, 4) is 0 Å². The predicted octanol–water partition coefficient (Wildman–Crippen LogP) is 1.58. The molecule has 0 aliphatic carbocycles. The van der Waals surface area contributed by atoms with Crippen molar-refractivity contribution in [3.63, 3.8) is 0 Å². The van der Waals surface area contributed by atoms with Crippen LogP contribution in [0.1, 0.15) is 31.7 Å². The normalized spacial score (nSPS) is 15.0. The zero-order chi connectivity index (χ0) is 18.4. The zero-order valence-corrected chi connectivity index (χ0v) is 15.1. The molecule has 0 aromatic carbocycles. The Bertz CT molecular complexity index is 782. The number of anilines is 1. The first-order valence-corrected chi connectivity index (χ1v) is 9.16. The Morgan fingerprint density at radius 2 is 2.12 bits per heavy atom. The summed E-state index contributed by atoms with van der Waals surface area (Å²) < 4.78 is 1.49. The number of hydrogen-bond donors (Lipinski definition) is 1. The van der Waals surface area contributed by atoms with Crippen LogP contribution in [0.4, 0.5) is 5.69 Å². The van der Waals surface area contributed by atoms with Crippen molar-refractivity contribution in [2.75, 3.05) is 18.0 Å². The van der Waals surface area contributed by atoms with Gasteiger partial charge in [-0.1, -0.05) is 13.0 Å². The van der Waals surface area contributed by atoms with Crippen LogP contribution in [0, 0.1) is 5.92 Å². The Labute approximate surface area is 153 Å². The van der Waals surface area contributed by atoms with Crippen molar-refractivity contribution in [2.45, 2.75) is 39.3 Å². The lowest BCUT2D eigenvalue weighted by Gasteiger charge is -2.32. The quantitative estimate of drug-likeness (QED) is 0.851. The largest absolute Gasteiger partial charge is 0.370 e. The summed E-state index contributed by atoms with van der Waals surface area (Å²) in [5, 5.41) is 7.23. The molecule has 0 radical (unpaired) electrons. The molecule has 0 spiro atoms. The van der Waals surface area contributed by atoms with Gasteiger partial charge in [-0.15, -0.1) is 0 Å². The molecule has 1 aliphatic heterocycles. The molecule has 1 aliphatic rings. The highest BCUT2D eigenvalue weighted by Gasteiger charge is 2.25. The predicted molar refractivity (Wildman–Crippen MR) is 99.8 cm³/mol. The summed E-state index contributed by atoms with van der Waals surface area (Å²) in [6.07, 6.45) is 7.66. The van der Waals surface area contributed by atoms with E-state index in [4.69, 9.17) is 0 Å². The third kappa shape index (κ3) is 4.47. The van der Waals surface area contributed by atoms with E-state index in [9.17, 15) is 9.59 Å². The van der Waals surface area contributed by atoms with Crippen LogP contribution in [0.15, 0.2) is 41.6 Å². The Hall–Kier alpha value is -2.70. The SMILES string of the molecule is CCCn1ncc(N2CCC(C(=O)NCc3cccnc3)CC2)cc1=O. The van der Waals surface area contributed by atoms with E-state index in [0.29, 0.717) is 13.1 Å². The van der Waals surface area contributed by atoms with Crippen molar-refractivity contribution in [2.24, 2.45) is 5.92 Å². The topological polar surface area (TPSA) is 80.1 Å². The third-order valence-electron chi connectivity index (χ3n) is 4.71. The molecule has 3 heterocycles. The molecule has 26 heavy (non-hydrogen) atoms. The second-order valence-electron chi connectivity index (χ2n) is 6.62. The van der Waals surface area contributed by atoms with Crippen LogP contribution in [0.25, 0.3) is 0 Å². The van der Waals surface area contributed by atoms with E-state index in [0.717, 1.165) is 43.6 Å². The zero-order valence-electron chi connectivity index (χ0n) is 15.1. The molecule has 3 rings (SSSR count). The van der Waals surface area contributed by atoms with Gasteiger partial charge in [0.05, 0.1) is 11.9 Å². The first-order valence-electron chi connectivity index (χ1n) is 9.16. The summed E-state index contributed by atoms with van der Waals surface area (Å²) in [7, 11) is 0. The molecule has 7 heteroatoms. The Kier molecular flexibility index (Phi) is 5.99. The fourth-order valence-electron chi connectivity index (χ4n) is 3.21. The van der Waals surface area contributed by atoms with Crippen molar-refractivity contribution >= 4 is 11.6 Å². The highest BCUT2D eigenvalue weighted by atomic mass is 16.2. The number of aromatic nitrogens is 3. The fourth-order valence-corrected chi connectivity index (χ4v) is 3.21. The lowest BCUT2D eigenvalue weighted by Crippen LogP contribution is -2.41. The Balaban J connectivity index is 1.51. The number of carbonyl (C=O) groups is 1. The molecule has 1 saturated heterocycles. The van der Waals surface area contributed by atoms with Gasteiger partial charge in [0, 0.05) is 50.6 Å². The van der Waals surface area contributed by atoms with Gasteiger partial charge in [0.1, 0.15) is 0 Å². The second-order valence-corrected chi connectivity index (χ2v) is 6.62. The van der Waals surface area contributed by atoms with Crippen LogP contribution in [-0.2, 0) is 17.9 Å². The molecule has 7 nitrogen and oxygen atoms in total. The van der Waals surface area contributed by atoms with E-state index in [1.54, 1.807) is 24.7 Å². The van der Waals surface area contributed by atoms with E-state index in [-0.39, 0.29) is 17.4 Å². The summed E-state index contributed by atoms with van der Waals surface area (Å²) in [5.41, 5.74) is 1.77. The van der Waals surface area contributed by atoms with Gasteiger partial charge in [-0.2, -0.15) is 5.10 Å². The van der Waals surface area contributed by atoms with Crippen molar-refractivity contribution < 1.29 is 4.79 Å². The maximum atomic E-state index is 12.4. The average molecular weight is 355 g/mol. The number of amides is 1. The standard InChI is InChI=1S/C19H25N5O2/c1-2-8-24-18(25)11-17(14-22-24)23-9-5-16(6-10-23)19(26)21-13-15-4-3-7-20-12-15/h3-4,7,11-12,14,16H,2,5-6,8-10,13H2,1H3,(H,21,26). The van der Waals surface area contributed by atoms with Crippen LogP contribution in [0.5, 0.6) is 0 Å². The fraction of sp³-hybridized carbons (Fsp3) is 0.474. The summed E-state index contributed by atoms with van der Waals surface area (Å²) >= 11 is 0. The van der Waals surface area contributed by atoms with Gasteiger partial charge >= 0.3 is 0 Å². The number of nitrogens with one attached hydrogen (secondary N) is 1. The maximum Gasteiger partial charge on any atom is 0.268 e. The smallest absolute Gasteiger partial charge is 0.268 e. The molecule has 0 bridgehead atoms. The van der Waals surface area contributed by atoms with Crippen LogP contribution < -0.4 is 15.8 Å². The van der Waals surface area contributed by atoms with Crippen LogP contribution >= 0.6 is 0 Å². The number of piperidine rings is 1. The number of rotatable bonds is 6. The van der Waals surface area contributed by atoms with Crippen molar-refractivity contribution in [1.82, 2.24) is 20.1 Å². The van der Waals surface area contributed by atoms with E-state index in [2.05, 4.69) is 20.3 Å². The minimum absolute atomic E-state index is 0.0105. The van der Waals surface area contributed by atoms with Crippen LogP contribution in [-0.4, -0.2) is 33.8 Å². The molecule has 1 fully saturated rings. The van der Waals surface area contributed by atoms with E-state index in [1.165, 1.54) is 4.68 Å². The van der Waals surface area contributed by atoms with Gasteiger partial charge < -0.3 is 10.2 Å². The van der Waals surface area contributed by atoms with E-state index in [1.807, 2.05) is 19.1 Å². The first kappa shape index (κ1) is 18.1. The minimum Gasteiger partial charge on any atom is -0.370 e. The molecule has 0 unspecified atom stereocenters. The molecular formula is C19H25N5O2. The van der Waals surface area contributed by atoms with Gasteiger partial charge in [-0.05, 0) is 30.9 Å². The van der Waals surface area contributed by atoms with E-state index >= 15 is 0 Å². The average Bonchev–Trinajstić information content (AvgIpc) is 2.69. The van der Waals surface area contributed by atoms with Crippen molar-refractivity contribution in [3.05, 3.63) is 52.7 Å². The minimum atomic E-state index is -0.0688. The van der Waals surface area contributed by atoms with Gasteiger partial charge in [0.25, 0.3) is 5.56 Å². The molecule has 2 aromatic heterocycles. The summed E-state index contributed by atoms with van der Waals surface area (Å²) in [6.45, 7) is 4.67. The van der Waals surface area contributed by atoms with Gasteiger partial charge in [-0.3, -0.25) is 14.6 Å². The van der Waals surface area contributed by atoms with E-state index < -0.39 is 0 Å².